The molecule has 1 saturated heterocycles. The molecular formula is C21H36O4. The summed E-state index contributed by atoms with van der Waals surface area (Å²) < 4.78 is 5.85. The van der Waals surface area contributed by atoms with E-state index in [0.29, 0.717) is 12.2 Å². The maximum atomic E-state index is 12.2. The van der Waals surface area contributed by atoms with Crippen LogP contribution in [0.4, 0.5) is 0 Å². The lowest BCUT2D eigenvalue weighted by atomic mass is 9.90. The predicted octanol–water partition coefficient (Wildman–Crippen LogP) is 3.96. The number of carbonyl (C=O) groups is 1. The molecule has 0 spiro atoms. The molecule has 2 N–H and O–H groups in total. The van der Waals surface area contributed by atoms with Crippen LogP contribution >= 0.6 is 0 Å². The van der Waals surface area contributed by atoms with Gasteiger partial charge < -0.3 is 14.9 Å². The molecule has 0 radical (unpaired) electrons. The van der Waals surface area contributed by atoms with E-state index < -0.39 is 0 Å². The summed E-state index contributed by atoms with van der Waals surface area (Å²) in [5, 5.41) is 18.1. The standard InChI is InChI=1S/C21H36O4/c1-15(2)17(4)13-19(24)16(3)7-6-11-21(5)20(25-21)9-8-18(14-23)10-12-22/h10,16,20,22-23H,6-9,11-14H2,1-5H3. The van der Waals surface area contributed by atoms with Crippen molar-refractivity contribution in [2.75, 3.05) is 13.2 Å². The number of hydrogen-bond donors (Lipinski definition) is 2. The van der Waals surface area contributed by atoms with Crippen molar-refractivity contribution in [1.29, 1.82) is 0 Å². The summed E-state index contributed by atoms with van der Waals surface area (Å²) in [5.41, 5.74) is 3.21. The zero-order chi connectivity index (χ0) is 19.0. The average Bonchev–Trinajstić information content (AvgIpc) is 3.21. The molecule has 3 atom stereocenters. The van der Waals surface area contributed by atoms with Gasteiger partial charge in [-0.25, -0.2) is 0 Å². The molecule has 3 unspecified atom stereocenters. The molecule has 0 aromatic heterocycles. The molecular weight excluding hydrogens is 316 g/mol. The van der Waals surface area contributed by atoms with Crippen LogP contribution in [0.3, 0.4) is 0 Å². The molecule has 0 bridgehead atoms. The third kappa shape index (κ3) is 7.43. The van der Waals surface area contributed by atoms with E-state index in [1.54, 1.807) is 6.08 Å². The van der Waals surface area contributed by atoms with Crippen LogP contribution in [0.25, 0.3) is 0 Å². The van der Waals surface area contributed by atoms with Crippen LogP contribution in [0.2, 0.25) is 0 Å². The minimum atomic E-state index is -0.0849. The van der Waals surface area contributed by atoms with Gasteiger partial charge in [-0.3, -0.25) is 4.79 Å². The van der Waals surface area contributed by atoms with Gasteiger partial charge in [-0.1, -0.05) is 24.1 Å². The second-order valence-electron chi connectivity index (χ2n) is 7.88. The SMILES string of the molecule is CC(C)=C(C)CC(=O)C(C)CCCC1(C)OC1CCC(=CCO)CO. The third-order valence-electron chi connectivity index (χ3n) is 5.50. The number of hydrogen-bond acceptors (Lipinski definition) is 4. The summed E-state index contributed by atoms with van der Waals surface area (Å²) in [4.78, 5) is 12.2. The smallest absolute Gasteiger partial charge is 0.139 e. The minimum Gasteiger partial charge on any atom is -0.392 e. The summed E-state index contributed by atoms with van der Waals surface area (Å²) >= 11 is 0. The second kappa shape index (κ2) is 10.2. The predicted molar refractivity (Wildman–Crippen MR) is 101 cm³/mol. The average molecular weight is 353 g/mol. The van der Waals surface area contributed by atoms with Gasteiger partial charge in [0.1, 0.15) is 5.78 Å². The first-order valence-corrected chi connectivity index (χ1v) is 9.46. The van der Waals surface area contributed by atoms with E-state index in [1.165, 1.54) is 11.1 Å². The van der Waals surface area contributed by atoms with E-state index in [0.717, 1.165) is 37.7 Å². The quantitative estimate of drug-likeness (QED) is 0.412. The molecule has 0 aromatic carbocycles. The second-order valence-corrected chi connectivity index (χ2v) is 7.88. The van der Waals surface area contributed by atoms with E-state index in [1.807, 2.05) is 13.8 Å². The summed E-state index contributed by atoms with van der Waals surface area (Å²) in [6.45, 7) is 10.3. The van der Waals surface area contributed by atoms with Gasteiger partial charge in [-0.15, -0.1) is 0 Å². The lowest BCUT2D eigenvalue weighted by Crippen LogP contribution is -2.14. The summed E-state index contributed by atoms with van der Waals surface area (Å²) in [6, 6.07) is 0. The van der Waals surface area contributed by atoms with Gasteiger partial charge in [-0.05, 0) is 65.4 Å². The Bertz CT molecular complexity index is 502. The first-order chi connectivity index (χ1) is 11.7. The van der Waals surface area contributed by atoms with E-state index in [4.69, 9.17) is 9.84 Å². The van der Waals surface area contributed by atoms with Gasteiger partial charge in [-0.2, -0.15) is 0 Å². The van der Waals surface area contributed by atoms with Gasteiger partial charge in [0, 0.05) is 12.3 Å². The van der Waals surface area contributed by atoms with Crippen LogP contribution in [-0.4, -0.2) is 40.9 Å². The van der Waals surface area contributed by atoms with Gasteiger partial charge >= 0.3 is 0 Å². The number of ketones is 1. The first-order valence-electron chi connectivity index (χ1n) is 9.46. The summed E-state index contributed by atoms with van der Waals surface area (Å²) in [5.74, 6) is 0.433. The van der Waals surface area contributed by atoms with Gasteiger partial charge in [0.15, 0.2) is 0 Å². The molecule has 1 rings (SSSR count). The number of aliphatic hydroxyl groups excluding tert-OH is 2. The molecule has 0 amide bonds. The molecule has 1 aliphatic heterocycles. The monoisotopic (exact) mass is 352 g/mol. The highest BCUT2D eigenvalue weighted by Gasteiger charge is 2.50. The van der Waals surface area contributed by atoms with Crippen molar-refractivity contribution in [3.8, 4) is 0 Å². The molecule has 1 aliphatic rings. The fraction of sp³-hybridized carbons (Fsp3) is 0.762. The molecule has 0 saturated carbocycles. The Labute approximate surface area is 153 Å². The summed E-state index contributed by atoms with van der Waals surface area (Å²) in [6.07, 6.45) is 6.96. The number of carbonyl (C=O) groups excluding carboxylic acids is 1. The lowest BCUT2D eigenvalue weighted by Gasteiger charge is -2.13. The number of aliphatic hydroxyl groups is 2. The molecule has 1 fully saturated rings. The fourth-order valence-electron chi connectivity index (χ4n) is 3.10. The molecule has 144 valence electrons. The molecule has 4 heteroatoms. The lowest BCUT2D eigenvalue weighted by molar-refractivity contribution is -0.121. The van der Waals surface area contributed by atoms with E-state index in [-0.39, 0.29) is 30.8 Å². The molecule has 4 nitrogen and oxygen atoms in total. The van der Waals surface area contributed by atoms with Crippen molar-refractivity contribution in [2.24, 2.45) is 5.92 Å². The van der Waals surface area contributed by atoms with Gasteiger partial charge in [0.05, 0.1) is 24.9 Å². The molecule has 0 aliphatic carbocycles. The number of ether oxygens (including phenoxy) is 1. The highest BCUT2D eigenvalue weighted by atomic mass is 16.6. The van der Waals surface area contributed by atoms with Crippen molar-refractivity contribution < 1.29 is 19.7 Å². The highest BCUT2D eigenvalue weighted by molar-refractivity contribution is 5.82. The fourth-order valence-corrected chi connectivity index (χ4v) is 3.10. The van der Waals surface area contributed by atoms with Crippen molar-refractivity contribution in [2.45, 2.75) is 84.8 Å². The molecule has 0 aromatic rings. The van der Waals surface area contributed by atoms with Crippen LogP contribution in [0.1, 0.15) is 73.1 Å². The van der Waals surface area contributed by atoms with Crippen LogP contribution < -0.4 is 0 Å². The number of Topliss-reactive ketones (excluding diaryl/α,β-unsaturated/α-hetero) is 1. The minimum absolute atomic E-state index is 0.00524. The first kappa shape index (κ1) is 22.1. The van der Waals surface area contributed by atoms with Crippen LogP contribution in [0.5, 0.6) is 0 Å². The number of epoxide rings is 1. The van der Waals surface area contributed by atoms with E-state index >= 15 is 0 Å². The normalized spacial score (nSPS) is 24.1. The zero-order valence-corrected chi connectivity index (χ0v) is 16.6. The van der Waals surface area contributed by atoms with Gasteiger partial charge in [0.25, 0.3) is 0 Å². The topological polar surface area (TPSA) is 70.1 Å². The maximum absolute atomic E-state index is 12.2. The van der Waals surface area contributed by atoms with Crippen molar-refractivity contribution in [3.63, 3.8) is 0 Å². The van der Waals surface area contributed by atoms with E-state index in [2.05, 4.69) is 20.8 Å². The van der Waals surface area contributed by atoms with Crippen molar-refractivity contribution in [1.82, 2.24) is 0 Å². The Morgan fingerprint density at radius 2 is 1.96 bits per heavy atom. The van der Waals surface area contributed by atoms with Crippen LogP contribution in [0, 0.1) is 5.92 Å². The van der Waals surface area contributed by atoms with Crippen LogP contribution in [0.15, 0.2) is 22.8 Å². The Morgan fingerprint density at radius 1 is 1.28 bits per heavy atom. The largest absolute Gasteiger partial charge is 0.392 e. The van der Waals surface area contributed by atoms with E-state index in [9.17, 15) is 9.90 Å². The van der Waals surface area contributed by atoms with Crippen molar-refractivity contribution in [3.05, 3.63) is 22.8 Å². The van der Waals surface area contributed by atoms with Crippen molar-refractivity contribution >= 4 is 5.78 Å². The third-order valence-corrected chi connectivity index (χ3v) is 5.50. The highest BCUT2D eigenvalue weighted by Crippen LogP contribution is 2.43. The van der Waals surface area contributed by atoms with Gasteiger partial charge in [0.2, 0.25) is 0 Å². The van der Waals surface area contributed by atoms with Crippen LogP contribution in [-0.2, 0) is 9.53 Å². The summed E-state index contributed by atoms with van der Waals surface area (Å²) in [7, 11) is 0. The number of rotatable bonds is 12. The maximum Gasteiger partial charge on any atom is 0.139 e. The number of allylic oxidation sites excluding steroid dienone is 2. The zero-order valence-electron chi connectivity index (χ0n) is 16.6. The molecule has 1 heterocycles. The Balaban J connectivity index is 2.29. The Morgan fingerprint density at radius 3 is 2.52 bits per heavy atom. The molecule has 25 heavy (non-hydrogen) atoms. The Hall–Kier alpha value is -0.970. The Kier molecular flexibility index (Phi) is 9.04.